The largest absolute Gasteiger partial charge is 0.473 e. The van der Waals surface area contributed by atoms with Crippen LogP contribution in [-0.4, -0.2) is 27.6 Å². The van der Waals surface area contributed by atoms with Crippen LogP contribution in [-0.2, 0) is 5.54 Å². The second-order valence-electron chi connectivity index (χ2n) is 6.88. The number of aromatic nitrogens is 2. The molecule has 0 radical (unpaired) electrons. The van der Waals surface area contributed by atoms with Crippen molar-refractivity contribution >= 4 is 34.1 Å². The van der Waals surface area contributed by atoms with Gasteiger partial charge in [0.05, 0.1) is 16.6 Å². The van der Waals surface area contributed by atoms with Gasteiger partial charge in [-0.1, -0.05) is 30.6 Å². The summed E-state index contributed by atoms with van der Waals surface area (Å²) in [6.45, 7) is 6.05. The molecule has 1 saturated carbocycles. The highest BCUT2D eigenvalue weighted by Crippen LogP contribution is 2.41. The van der Waals surface area contributed by atoms with Crippen molar-refractivity contribution < 1.29 is 4.74 Å². The maximum Gasteiger partial charge on any atom is 0.223 e. The van der Waals surface area contributed by atoms with Gasteiger partial charge in [-0.3, -0.25) is 0 Å². The molecular weight excluding hydrogens is 370 g/mol. The fourth-order valence-corrected chi connectivity index (χ4v) is 4.32. The third kappa shape index (κ3) is 3.43. The molecule has 3 rings (SSSR count). The van der Waals surface area contributed by atoms with Gasteiger partial charge in [-0.05, 0) is 49.1 Å². The molecule has 26 heavy (non-hydrogen) atoms. The number of hydrogen-bond donors (Lipinski definition) is 0. The minimum absolute atomic E-state index is 0.126. The summed E-state index contributed by atoms with van der Waals surface area (Å²) in [6, 6.07) is 3.69. The van der Waals surface area contributed by atoms with E-state index < -0.39 is 5.54 Å². The van der Waals surface area contributed by atoms with Gasteiger partial charge in [-0.15, -0.1) is 0 Å². The first kappa shape index (κ1) is 19.1. The molecule has 0 aromatic carbocycles. The normalized spacial score (nSPS) is 24.4. The van der Waals surface area contributed by atoms with E-state index in [9.17, 15) is 0 Å². The monoisotopic (exact) mass is 391 g/mol. The maximum atomic E-state index is 8.97. The molecule has 1 fully saturated rings. The second kappa shape index (κ2) is 7.51. The van der Waals surface area contributed by atoms with E-state index in [4.69, 9.17) is 26.9 Å². The summed E-state index contributed by atoms with van der Waals surface area (Å²) >= 11 is 7.95. The smallest absolute Gasteiger partial charge is 0.223 e. The third-order valence-corrected chi connectivity index (χ3v) is 6.79. The van der Waals surface area contributed by atoms with E-state index in [1.165, 1.54) is 0 Å². The van der Waals surface area contributed by atoms with Crippen LogP contribution in [0.1, 0.15) is 39.3 Å². The lowest BCUT2D eigenvalue weighted by atomic mass is 9.83. The van der Waals surface area contributed by atoms with Crippen molar-refractivity contribution in [1.82, 2.24) is 9.97 Å². The first-order chi connectivity index (χ1) is 12.4. The van der Waals surface area contributed by atoms with E-state index in [-0.39, 0.29) is 6.10 Å². The van der Waals surface area contributed by atoms with Gasteiger partial charge >= 0.3 is 0 Å². The molecule has 0 N–H and O–H groups in total. The highest BCUT2D eigenvalue weighted by Gasteiger charge is 2.39. The van der Waals surface area contributed by atoms with Gasteiger partial charge in [-0.25, -0.2) is 9.97 Å². The fraction of sp³-hybridized carbons (Fsp3) is 0.556. The van der Waals surface area contributed by atoms with Crippen molar-refractivity contribution in [2.45, 2.75) is 50.5 Å². The van der Waals surface area contributed by atoms with E-state index in [0.717, 1.165) is 17.2 Å². The van der Waals surface area contributed by atoms with Gasteiger partial charge in [0.1, 0.15) is 11.3 Å². The van der Waals surface area contributed by atoms with Crippen molar-refractivity contribution in [2.24, 2.45) is 11.0 Å². The van der Waals surface area contributed by atoms with Gasteiger partial charge in [0.15, 0.2) is 0 Å². The molecule has 0 spiro atoms. The van der Waals surface area contributed by atoms with Crippen LogP contribution in [0.2, 0.25) is 5.15 Å². The van der Waals surface area contributed by atoms with Crippen molar-refractivity contribution in [3.05, 3.63) is 39.6 Å². The summed E-state index contributed by atoms with van der Waals surface area (Å²) in [5.41, 5.74) is 8.90. The minimum atomic E-state index is -0.746. The Labute approximate surface area is 162 Å². The van der Waals surface area contributed by atoms with Crippen LogP contribution in [0.4, 0.5) is 0 Å². The summed E-state index contributed by atoms with van der Waals surface area (Å²) in [7, 11) is 0. The Morgan fingerprint density at radius 3 is 2.88 bits per heavy atom. The van der Waals surface area contributed by atoms with Gasteiger partial charge in [0.2, 0.25) is 5.88 Å². The Hall–Kier alpha value is -1.69. The predicted molar refractivity (Wildman–Crippen MR) is 107 cm³/mol. The van der Waals surface area contributed by atoms with E-state index >= 15 is 0 Å². The van der Waals surface area contributed by atoms with Crippen LogP contribution in [0.15, 0.2) is 23.4 Å². The Morgan fingerprint density at radius 2 is 2.27 bits per heavy atom. The van der Waals surface area contributed by atoms with Gasteiger partial charge in [0.25, 0.3) is 0 Å². The van der Waals surface area contributed by atoms with Crippen molar-refractivity contribution in [1.29, 1.82) is 0 Å². The number of rotatable bonds is 6. The summed E-state index contributed by atoms with van der Waals surface area (Å²) < 4.78 is 6.26. The number of nitrogens with zero attached hydrogens (tertiary/aromatic N) is 5. The average Bonchev–Trinajstić information content (AvgIpc) is 2.63. The quantitative estimate of drug-likeness (QED) is 0.272. The molecule has 0 saturated heterocycles. The number of thioether (sulfide) groups is 1. The number of pyridine rings is 2. The number of hydrogen-bond acceptors (Lipinski definition) is 5. The highest BCUT2D eigenvalue weighted by molar-refractivity contribution is 7.99. The molecular formula is C18H22ClN5OS. The van der Waals surface area contributed by atoms with E-state index in [1.54, 1.807) is 12.3 Å². The summed E-state index contributed by atoms with van der Waals surface area (Å²) in [5, 5.41) is 6.70. The molecule has 0 aliphatic heterocycles. The van der Waals surface area contributed by atoms with Crippen molar-refractivity contribution in [3.63, 3.8) is 0 Å². The lowest BCUT2D eigenvalue weighted by Crippen LogP contribution is -2.45. The third-order valence-electron chi connectivity index (χ3n) is 5.36. The zero-order valence-electron chi connectivity index (χ0n) is 15.3. The molecule has 0 bridgehead atoms. The number of ether oxygens (including phenoxy) is 1. The van der Waals surface area contributed by atoms with Crippen LogP contribution >= 0.6 is 23.4 Å². The van der Waals surface area contributed by atoms with Crippen LogP contribution < -0.4 is 4.74 Å². The molecule has 2 aromatic rings. The molecule has 0 amide bonds. The van der Waals surface area contributed by atoms with Crippen LogP contribution in [0.5, 0.6) is 5.88 Å². The van der Waals surface area contributed by atoms with E-state index in [0.29, 0.717) is 34.3 Å². The lowest BCUT2D eigenvalue weighted by molar-refractivity contribution is 0.0618. The molecule has 6 nitrogen and oxygen atoms in total. The zero-order chi connectivity index (χ0) is 18.9. The molecule has 2 aromatic heterocycles. The van der Waals surface area contributed by atoms with E-state index in [1.807, 2.05) is 31.7 Å². The standard InChI is InChI=1S/C18H22ClN5OS/c1-5-18(3,23-24-20)15-6-11-7-16(19)21-9-12(11)17(22-15)25-13-8-14(26-4)10(13)2/h6-7,9-10,13-14H,5,8H2,1-4H3/t10-,13+,14-,18-/m1/s1. The summed E-state index contributed by atoms with van der Waals surface area (Å²) in [5.74, 6) is 0.992. The first-order valence-electron chi connectivity index (χ1n) is 8.64. The second-order valence-corrected chi connectivity index (χ2v) is 8.35. The van der Waals surface area contributed by atoms with Crippen molar-refractivity contribution in [3.8, 4) is 5.88 Å². The molecule has 138 valence electrons. The Balaban J connectivity index is 2.07. The Kier molecular flexibility index (Phi) is 5.51. The van der Waals surface area contributed by atoms with Gasteiger partial charge < -0.3 is 4.74 Å². The summed E-state index contributed by atoms with van der Waals surface area (Å²) in [4.78, 5) is 11.9. The molecule has 1 aliphatic carbocycles. The lowest BCUT2D eigenvalue weighted by Gasteiger charge is -2.41. The number of azide groups is 1. The van der Waals surface area contributed by atoms with Crippen molar-refractivity contribution in [2.75, 3.05) is 6.26 Å². The molecule has 1 aliphatic rings. The fourth-order valence-electron chi connectivity index (χ4n) is 3.17. The van der Waals surface area contributed by atoms with Crippen LogP contribution in [0.3, 0.4) is 0 Å². The molecule has 2 heterocycles. The Bertz CT molecular complexity index is 872. The highest BCUT2D eigenvalue weighted by atomic mass is 35.5. The maximum absolute atomic E-state index is 8.97. The summed E-state index contributed by atoms with van der Waals surface area (Å²) in [6.07, 6.45) is 5.57. The van der Waals surface area contributed by atoms with Gasteiger partial charge in [0, 0.05) is 22.3 Å². The van der Waals surface area contributed by atoms with Gasteiger partial charge in [-0.2, -0.15) is 11.8 Å². The predicted octanol–water partition coefficient (Wildman–Crippen LogP) is 5.74. The molecule has 4 atom stereocenters. The topological polar surface area (TPSA) is 83.8 Å². The molecule has 0 unspecified atom stereocenters. The van der Waals surface area contributed by atoms with Crippen LogP contribution in [0, 0.1) is 5.92 Å². The number of fused-ring (bicyclic) bond motifs is 1. The minimum Gasteiger partial charge on any atom is -0.473 e. The SMILES string of the molecule is CC[C@@](C)(N=[N+]=[N-])c1cc2cc(Cl)ncc2c(O[C@H]2C[C@@H](SC)[C@@H]2C)n1. The van der Waals surface area contributed by atoms with Crippen LogP contribution in [0.25, 0.3) is 21.2 Å². The van der Waals surface area contributed by atoms with E-state index in [2.05, 4.69) is 28.2 Å². The first-order valence-corrected chi connectivity index (χ1v) is 10.3. The number of halogens is 1. The zero-order valence-corrected chi connectivity index (χ0v) is 16.9. The Morgan fingerprint density at radius 1 is 1.50 bits per heavy atom. The average molecular weight is 392 g/mol. The molecule has 8 heteroatoms.